The van der Waals surface area contributed by atoms with Crippen LogP contribution in [0.4, 0.5) is 0 Å². The van der Waals surface area contributed by atoms with Crippen molar-refractivity contribution in [3.63, 3.8) is 0 Å². The molecule has 0 atom stereocenters. The zero-order chi connectivity index (χ0) is 20.0. The summed E-state index contributed by atoms with van der Waals surface area (Å²) in [6.45, 7) is 9.40. The van der Waals surface area contributed by atoms with Gasteiger partial charge < -0.3 is 25.2 Å². The maximum absolute atomic E-state index is 9.44. The van der Waals surface area contributed by atoms with Crippen molar-refractivity contribution < 1.29 is 14.6 Å². The Morgan fingerprint density at radius 3 is 2.54 bits per heavy atom. The van der Waals surface area contributed by atoms with Gasteiger partial charge in [-0.15, -0.1) is 0 Å². The summed E-state index contributed by atoms with van der Waals surface area (Å²) in [4.78, 5) is 4.87. The molecular formula is C22H35N3O3. The van der Waals surface area contributed by atoms with Gasteiger partial charge in [0, 0.05) is 31.7 Å². The number of aliphatic hydroxyl groups is 1. The van der Waals surface area contributed by atoms with Gasteiger partial charge in [0.1, 0.15) is 0 Å². The van der Waals surface area contributed by atoms with Gasteiger partial charge in [-0.2, -0.15) is 0 Å². The van der Waals surface area contributed by atoms with E-state index in [1.165, 1.54) is 5.56 Å². The maximum atomic E-state index is 9.44. The lowest BCUT2D eigenvalue weighted by molar-refractivity contribution is 0.174. The van der Waals surface area contributed by atoms with E-state index >= 15 is 0 Å². The average molecular weight is 390 g/mol. The molecule has 1 aromatic rings. The highest BCUT2D eigenvalue weighted by molar-refractivity contribution is 5.80. The molecule has 1 saturated carbocycles. The summed E-state index contributed by atoms with van der Waals surface area (Å²) >= 11 is 0. The van der Waals surface area contributed by atoms with E-state index in [1.807, 2.05) is 6.07 Å². The van der Waals surface area contributed by atoms with Gasteiger partial charge in [-0.3, -0.25) is 4.99 Å². The Labute approximate surface area is 168 Å². The van der Waals surface area contributed by atoms with Crippen LogP contribution in [0.15, 0.2) is 23.2 Å². The fraction of sp³-hybridized carbons (Fsp3) is 0.682. The van der Waals surface area contributed by atoms with E-state index in [-0.39, 0.29) is 17.4 Å². The Balaban J connectivity index is 1.66. The first-order valence-corrected chi connectivity index (χ1v) is 10.6. The average Bonchev–Trinajstić information content (AvgIpc) is 3.37. The van der Waals surface area contributed by atoms with Crippen LogP contribution < -0.4 is 20.1 Å². The number of ether oxygens (including phenoxy) is 2. The first-order valence-electron chi connectivity index (χ1n) is 10.6. The minimum absolute atomic E-state index is 0.0751. The molecule has 0 aromatic heterocycles. The summed E-state index contributed by atoms with van der Waals surface area (Å²) in [5.41, 5.74) is 1.53. The minimum Gasteiger partial charge on any atom is -0.454 e. The molecule has 2 aliphatic rings. The third-order valence-electron chi connectivity index (χ3n) is 6.49. The van der Waals surface area contributed by atoms with Gasteiger partial charge in [-0.1, -0.05) is 19.9 Å². The maximum Gasteiger partial charge on any atom is 0.231 e. The van der Waals surface area contributed by atoms with Gasteiger partial charge in [0.2, 0.25) is 6.79 Å². The molecule has 0 spiro atoms. The zero-order valence-corrected chi connectivity index (χ0v) is 17.5. The van der Waals surface area contributed by atoms with Crippen molar-refractivity contribution in [2.24, 2.45) is 10.4 Å². The molecule has 0 radical (unpaired) electrons. The highest BCUT2D eigenvalue weighted by atomic mass is 16.7. The molecule has 1 aliphatic heterocycles. The van der Waals surface area contributed by atoms with E-state index in [9.17, 15) is 5.11 Å². The van der Waals surface area contributed by atoms with E-state index in [4.69, 9.17) is 14.5 Å². The smallest absolute Gasteiger partial charge is 0.231 e. The van der Waals surface area contributed by atoms with Gasteiger partial charge in [0.15, 0.2) is 17.5 Å². The molecule has 0 bridgehead atoms. The number of nitrogens with one attached hydrogen (secondary N) is 2. The summed E-state index contributed by atoms with van der Waals surface area (Å²) in [6, 6.07) is 6.30. The van der Waals surface area contributed by atoms with Crippen LogP contribution in [0.1, 0.15) is 58.4 Å². The largest absolute Gasteiger partial charge is 0.454 e. The Bertz CT molecular complexity index is 682. The quantitative estimate of drug-likeness (QED) is 0.423. The molecule has 3 rings (SSSR count). The molecule has 1 aliphatic carbocycles. The number of benzene rings is 1. The van der Waals surface area contributed by atoms with Crippen LogP contribution in [-0.4, -0.2) is 44.1 Å². The third-order valence-corrected chi connectivity index (χ3v) is 6.49. The van der Waals surface area contributed by atoms with E-state index in [0.29, 0.717) is 6.79 Å². The summed E-state index contributed by atoms with van der Waals surface area (Å²) in [6.07, 6.45) is 5.17. The van der Waals surface area contributed by atoms with Gasteiger partial charge in [-0.25, -0.2) is 0 Å². The summed E-state index contributed by atoms with van der Waals surface area (Å²) in [5, 5.41) is 16.4. The van der Waals surface area contributed by atoms with E-state index in [2.05, 4.69) is 43.5 Å². The SMILES string of the molecule is CCNC(=NCC(CC)(CC)CCO)NCC1(c2ccc3c(c2)OCO3)CC1. The number of aliphatic imine (C=N–C) groups is 1. The lowest BCUT2D eigenvalue weighted by Crippen LogP contribution is -2.42. The van der Waals surface area contributed by atoms with Crippen LogP contribution >= 0.6 is 0 Å². The molecule has 1 heterocycles. The summed E-state index contributed by atoms with van der Waals surface area (Å²) in [5.74, 6) is 2.55. The predicted molar refractivity (Wildman–Crippen MR) is 112 cm³/mol. The topological polar surface area (TPSA) is 75.1 Å². The first-order chi connectivity index (χ1) is 13.6. The number of aliphatic hydroxyl groups excluding tert-OH is 1. The predicted octanol–water partition coefficient (Wildman–Crippen LogP) is 3.19. The molecule has 0 saturated heterocycles. The number of hydrogen-bond donors (Lipinski definition) is 3. The molecule has 28 heavy (non-hydrogen) atoms. The van der Waals surface area contributed by atoms with Crippen molar-refractivity contribution in [2.75, 3.05) is 33.0 Å². The molecule has 0 unspecified atom stereocenters. The molecule has 6 nitrogen and oxygen atoms in total. The van der Waals surface area contributed by atoms with Crippen molar-refractivity contribution in [1.82, 2.24) is 10.6 Å². The second-order valence-electron chi connectivity index (χ2n) is 8.08. The van der Waals surface area contributed by atoms with Crippen LogP contribution in [-0.2, 0) is 5.41 Å². The third kappa shape index (κ3) is 4.54. The second kappa shape index (κ2) is 9.03. The molecule has 1 aromatic carbocycles. The van der Waals surface area contributed by atoms with Crippen molar-refractivity contribution in [3.05, 3.63) is 23.8 Å². The standard InChI is InChI=1S/C22H35N3O3/c1-4-21(5-2,11-12-26)14-24-20(23-6-3)25-15-22(9-10-22)17-7-8-18-19(13-17)28-16-27-18/h7-8,13,26H,4-6,9-12,14-16H2,1-3H3,(H2,23,24,25). The van der Waals surface area contributed by atoms with E-state index < -0.39 is 0 Å². The highest BCUT2D eigenvalue weighted by Crippen LogP contribution is 2.49. The van der Waals surface area contributed by atoms with Gasteiger partial charge in [0.25, 0.3) is 0 Å². The first kappa shape index (κ1) is 20.8. The van der Waals surface area contributed by atoms with Crippen LogP contribution in [0.25, 0.3) is 0 Å². The molecular weight excluding hydrogens is 354 g/mol. The molecule has 1 fully saturated rings. The monoisotopic (exact) mass is 389 g/mol. The molecule has 156 valence electrons. The van der Waals surface area contributed by atoms with Crippen molar-refractivity contribution in [3.8, 4) is 11.5 Å². The van der Waals surface area contributed by atoms with E-state index in [1.54, 1.807) is 0 Å². The van der Waals surface area contributed by atoms with Gasteiger partial charge >= 0.3 is 0 Å². The Hall–Kier alpha value is -1.95. The van der Waals surface area contributed by atoms with Crippen molar-refractivity contribution >= 4 is 5.96 Å². The Kier molecular flexibility index (Phi) is 6.70. The highest BCUT2D eigenvalue weighted by Gasteiger charge is 2.44. The normalized spacial score (nSPS) is 17.5. The van der Waals surface area contributed by atoms with Crippen molar-refractivity contribution in [2.45, 2.75) is 58.3 Å². The second-order valence-corrected chi connectivity index (χ2v) is 8.08. The number of guanidine groups is 1. The number of nitrogens with zero attached hydrogens (tertiary/aromatic N) is 1. The Morgan fingerprint density at radius 2 is 1.89 bits per heavy atom. The lowest BCUT2D eigenvalue weighted by Gasteiger charge is -2.29. The minimum atomic E-state index is 0.0751. The van der Waals surface area contributed by atoms with Gasteiger partial charge in [0.05, 0.1) is 0 Å². The lowest BCUT2D eigenvalue weighted by atomic mass is 9.79. The van der Waals surface area contributed by atoms with Crippen LogP contribution in [0, 0.1) is 5.41 Å². The van der Waals surface area contributed by atoms with Crippen LogP contribution in [0.2, 0.25) is 0 Å². The molecule has 0 amide bonds. The number of fused-ring (bicyclic) bond motifs is 1. The Morgan fingerprint density at radius 1 is 1.14 bits per heavy atom. The summed E-state index contributed by atoms with van der Waals surface area (Å²) < 4.78 is 11.0. The van der Waals surface area contributed by atoms with Crippen molar-refractivity contribution in [1.29, 1.82) is 0 Å². The van der Waals surface area contributed by atoms with Crippen LogP contribution in [0.5, 0.6) is 11.5 Å². The van der Waals surface area contributed by atoms with Crippen LogP contribution in [0.3, 0.4) is 0 Å². The fourth-order valence-corrected chi connectivity index (χ4v) is 3.93. The zero-order valence-electron chi connectivity index (χ0n) is 17.5. The number of hydrogen-bond acceptors (Lipinski definition) is 4. The fourth-order valence-electron chi connectivity index (χ4n) is 3.93. The molecule has 6 heteroatoms. The molecule has 3 N–H and O–H groups in total. The van der Waals surface area contributed by atoms with E-state index in [0.717, 1.165) is 69.2 Å². The summed E-state index contributed by atoms with van der Waals surface area (Å²) in [7, 11) is 0. The van der Waals surface area contributed by atoms with Gasteiger partial charge in [-0.05, 0) is 62.1 Å². The number of rotatable bonds is 10.